The van der Waals surface area contributed by atoms with Crippen molar-refractivity contribution in [3.8, 4) is 0 Å². The second kappa shape index (κ2) is 22.1. The van der Waals surface area contributed by atoms with Crippen molar-refractivity contribution in [1.29, 1.82) is 0 Å². The van der Waals surface area contributed by atoms with E-state index in [1.165, 1.54) is 96.3 Å². The van der Waals surface area contributed by atoms with Crippen molar-refractivity contribution in [3.63, 3.8) is 0 Å². The van der Waals surface area contributed by atoms with Gasteiger partial charge in [0.1, 0.15) is 0 Å². The van der Waals surface area contributed by atoms with Crippen LogP contribution in [0.25, 0.3) is 0 Å². The van der Waals surface area contributed by atoms with Crippen LogP contribution in [0.2, 0.25) is 0 Å². The maximum Gasteiger partial charge on any atom is 0.307 e. The van der Waals surface area contributed by atoms with Crippen molar-refractivity contribution in [3.05, 3.63) is 24.3 Å². The summed E-state index contributed by atoms with van der Waals surface area (Å²) in [5.41, 5.74) is 0. The predicted octanol–water partition coefficient (Wildman–Crippen LogP) is 7.93. The van der Waals surface area contributed by atoms with Gasteiger partial charge in [0.15, 0.2) is 0 Å². The zero-order valence-electron chi connectivity index (χ0n) is 19.3. The first-order chi connectivity index (χ1) is 14.6. The molecule has 4 nitrogen and oxygen atoms in total. The van der Waals surface area contributed by atoms with Crippen LogP contribution in [0.5, 0.6) is 0 Å². The van der Waals surface area contributed by atoms with Crippen molar-refractivity contribution in [2.75, 3.05) is 0 Å². The standard InChI is InChI=1S/C26H46O4/c1-2-3-4-5-6-7-8-9-10-11-12-13-14-15-16-17-18-19-20-21-22-24(26(29)30)23-25(27)28/h18-21,24H,2-17,22-23H2,1H3,(H,27,28)(H,29,30)/b19-18+,21-20+. The Kier molecular flexibility index (Phi) is 20.9. The summed E-state index contributed by atoms with van der Waals surface area (Å²) in [4.78, 5) is 21.6. The van der Waals surface area contributed by atoms with Crippen LogP contribution in [0.3, 0.4) is 0 Å². The fourth-order valence-electron chi connectivity index (χ4n) is 3.61. The molecule has 0 radical (unpaired) electrons. The zero-order valence-corrected chi connectivity index (χ0v) is 19.3. The Morgan fingerprint density at radius 2 is 1.10 bits per heavy atom. The van der Waals surface area contributed by atoms with Gasteiger partial charge in [-0.15, -0.1) is 0 Å². The van der Waals surface area contributed by atoms with Crippen LogP contribution in [-0.2, 0) is 9.59 Å². The molecule has 174 valence electrons. The minimum atomic E-state index is -1.07. The molecule has 0 aromatic heterocycles. The lowest BCUT2D eigenvalue weighted by Gasteiger charge is -2.05. The van der Waals surface area contributed by atoms with E-state index in [9.17, 15) is 9.59 Å². The Morgan fingerprint density at radius 1 is 0.667 bits per heavy atom. The summed E-state index contributed by atoms with van der Waals surface area (Å²) in [6.45, 7) is 2.27. The minimum absolute atomic E-state index is 0.255. The molecule has 30 heavy (non-hydrogen) atoms. The molecular weight excluding hydrogens is 376 g/mol. The number of rotatable bonds is 22. The maximum atomic E-state index is 11.0. The van der Waals surface area contributed by atoms with Gasteiger partial charge in [0.25, 0.3) is 0 Å². The monoisotopic (exact) mass is 422 g/mol. The SMILES string of the molecule is CCCCCCCCCCCCCCCCC/C=C/C=C/CC(CC(=O)O)C(=O)O. The van der Waals surface area contributed by atoms with Gasteiger partial charge in [-0.2, -0.15) is 0 Å². The minimum Gasteiger partial charge on any atom is -0.481 e. The summed E-state index contributed by atoms with van der Waals surface area (Å²) < 4.78 is 0. The van der Waals surface area contributed by atoms with E-state index in [0.717, 1.165) is 6.42 Å². The van der Waals surface area contributed by atoms with Gasteiger partial charge in [-0.05, 0) is 19.3 Å². The smallest absolute Gasteiger partial charge is 0.307 e. The number of carbonyl (C=O) groups is 2. The zero-order chi connectivity index (χ0) is 22.3. The highest BCUT2D eigenvalue weighted by Crippen LogP contribution is 2.14. The lowest BCUT2D eigenvalue weighted by atomic mass is 10.0. The molecule has 0 spiro atoms. The second-order valence-electron chi connectivity index (χ2n) is 8.46. The Morgan fingerprint density at radius 3 is 1.53 bits per heavy atom. The van der Waals surface area contributed by atoms with Gasteiger partial charge in [-0.1, -0.05) is 121 Å². The van der Waals surface area contributed by atoms with Crippen molar-refractivity contribution in [2.24, 2.45) is 5.92 Å². The summed E-state index contributed by atoms with van der Waals surface area (Å²) in [6.07, 6.45) is 29.1. The van der Waals surface area contributed by atoms with Gasteiger partial charge in [0.05, 0.1) is 12.3 Å². The van der Waals surface area contributed by atoms with E-state index in [0.29, 0.717) is 0 Å². The van der Waals surface area contributed by atoms with Crippen molar-refractivity contribution in [1.82, 2.24) is 0 Å². The molecule has 0 aliphatic heterocycles. The number of aliphatic carboxylic acids is 2. The number of carboxylic acids is 2. The number of hydrogen-bond acceptors (Lipinski definition) is 2. The fourth-order valence-corrected chi connectivity index (χ4v) is 3.61. The van der Waals surface area contributed by atoms with E-state index in [-0.39, 0.29) is 12.8 Å². The van der Waals surface area contributed by atoms with E-state index in [1.54, 1.807) is 6.08 Å². The van der Waals surface area contributed by atoms with Gasteiger partial charge < -0.3 is 10.2 Å². The first kappa shape index (κ1) is 28.4. The van der Waals surface area contributed by atoms with Crippen LogP contribution < -0.4 is 0 Å². The third-order valence-corrected chi connectivity index (χ3v) is 5.55. The van der Waals surface area contributed by atoms with E-state index in [4.69, 9.17) is 10.2 Å². The Hall–Kier alpha value is -1.58. The second-order valence-corrected chi connectivity index (χ2v) is 8.46. The van der Waals surface area contributed by atoms with E-state index in [1.807, 2.05) is 12.2 Å². The molecular formula is C26H46O4. The van der Waals surface area contributed by atoms with Gasteiger partial charge in [0, 0.05) is 0 Å². The van der Waals surface area contributed by atoms with Crippen LogP contribution in [-0.4, -0.2) is 22.2 Å². The molecule has 0 amide bonds. The number of allylic oxidation sites excluding steroid dienone is 4. The Bertz CT molecular complexity index is 468. The van der Waals surface area contributed by atoms with Gasteiger partial charge in [0.2, 0.25) is 0 Å². The fraction of sp³-hybridized carbons (Fsp3) is 0.769. The molecule has 0 saturated carbocycles. The summed E-state index contributed by atoms with van der Waals surface area (Å²) in [5, 5.41) is 17.7. The Labute approximate surface area is 184 Å². The highest BCUT2D eigenvalue weighted by Gasteiger charge is 2.18. The highest BCUT2D eigenvalue weighted by atomic mass is 16.4. The predicted molar refractivity (Wildman–Crippen MR) is 126 cm³/mol. The molecule has 0 saturated heterocycles. The molecule has 1 atom stereocenters. The summed E-state index contributed by atoms with van der Waals surface area (Å²) in [7, 11) is 0. The number of carboxylic acid groups (broad SMARTS) is 2. The molecule has 0 rings (SSSR count). The van der Waals surface area contributed by atoms with Gasteiger partial charge in [-0.25, -0.2) is 0 Å². The first-order valence-electron chi connectivity index (χ1n) is 12.3. The normalized spacial score (nSPS) is 12.7. The summed E-state index contributed by atoms with van der Waals surface area (Å²) in [6, 6.07) is 0. The first-order valence-corrected chi connectivity index (χ1v) is 12.3. The van der Waals surface area contributed by atoms with Crippen LogP contribution in [0.15, 0.2) is 24.3 Å². The van der Waals surface area contributed by atoms with Crippen LogP contribution >= 0.6 is 0 Å². The molecule has 4 heteroatoms. The third kappa shape index (κ3) is 21.1. The molecule has 0 fully saturated rings. The Balaban J connectivity index is 3.39. The van der Waals surface area contributed by atoms with Crippen molar-refractivity contribution in [2.45, 2.75) is 122 Å². The molecule has 0 bridgehead atoms. The van der Waals surface area contributed by atoms with E-state index < -0.39 is 17.9 Å². The number of unbranched alkanes of at least 4 members (excludes halogenated alkanes) is 15. The maximum absolute atomic E-state index is 11.0. The lowest BCUT2D eigenvalue weighted by Crippen LogP contribution is -2.16. The summed E-state index contributed by atoms with van der Waals surface area (Å²) >= 11 is 0. The largest absolute Gasteiger partial charge is 0.481 e. The average Bonchev–Trinajstić information content (AvgIpc) is 2.71. The molecule has 0 aliphatic rings. The molecule has 0 aromatic carbocycles. The van der Waals surface area contributed by atoms with Crippen molar-refractivity contribution >= 4 is 11.9 Å². The van der Waals surface area contributed by atoms with Crippen molar-refractivity contribution < 1.29 is 19.8 Å². The highest BCUT2D eigenvalue weighted by molar-refractivity contribution is 5.77. The molecule has 0 aliphatic carbocycles. The molecule has 0 aromatic rings. The van der Waals surface area contributed by atoms with E-state index >= 15 is 0 Å². The van der Waals surface area contributed by atoms with Crippen LogP contribution in [0.1, 0.15) is 122 Å². The third-order valence-electron chi connectivity index (χ3n) is 5.55. The molecule has 1 unspecified atom stereocenters. The molecule has 0 heterocycles. The topological polar surface area (TPSA) is 74.6 Å². The lowest BCUT2D eigenvalue weighted by molar-refractivity contribution is -0.148. The van der Waals surface area contributed by atoms with Crippen LogP contribution in [0, 0.1) is 5.92 Å². The summed E-state index contributed by atoms with van der Waals surface area (Å²) in [5.74, 6) is -2.97. The van der Waals surface area contributed by atoms with Crippen LogP contribution in [0.4, 0.5) is 0 Å². The quantitative estimate of drug-likeness (QED) is 0.137. The average molecular weight is 423 g/mol. The number of hydrogen-bond donors (Lipinski definition) is 2. The van der Waals surface area contributed by atoms with Gasteiger partial charge in [-0.3, -0.25) is 9.59 Å². The molecule has 2 N–H and O–H groups in total. The van der Waals surface area contributed by atoms with Gasteiger partial charge >= 0.3 is 11.9 Å². The van der Waals surface area contributed by atoms with E-state index in [2.05, 4.69) is 13.0 Å².